The topological polar surface area (TPSA) is 77.6 Å². The first-order chi connectivity index (χ1) is 9.61. The number of hydrogen-bond acceptors (Lipinski definition) is 4. The van der Waals surface area contributed by atoms with Crippen molar-refractivity contribution >= 4 is 5.91 Å². The summed E-state index contributed by atoms with van der Waals surface area (Å²) in [6.07, 6.45) is 3.38. The Hall–Kier alpha value is -2.18. The molecule has 108 valence electrons. The number of aryl methyl sites for hydroxylation is 1. The van der Waals surface area contributed by atoms with Crippen LogP contribution in [0.2, 0.25) is 0 Å². The second-order valence-corrected chi connectivity index (χ2v) is 4.85. The number of carbonyl (C=O) groups is 1. The van der Waals surface area contributed by atoms with E-state index in [4.69, 9.17) is 0 Å². The van der Waals surface area contributed by atoms with E-state index in [9.17, 15) is 4.79 Å². The normalized spacial score (nSPS) is 11.0. The zero-order chi connectivity index (χ0) is 14.5. The minimum atomic E-state index is -0.105. The molecule has 0 aromatic carbocycles. The molecular formula is C13H20N6O. The van der Waals surface area contributed by atoms with Gasteiger partial charge in [-0.25, -0.2) is 0 Å². The molecule has 0 saturated heterocycles. The molecule has 0 aliphatic rings. The zero-order valence-electron chi connectivity index (χ0n) is 12.1. The van der Waals surface area contributed by atoms with Gasteiger partial charge in [-0.2, -0.15) is 5.10 Å². The van der Waals surface area contributed by atoms with Gasteiger partial charge in [-0.3, -0.25) is 14.2 Å². The molecule has 0 aliphatic heterocycles. The van der Waals surface area contributed by atoms with Crippen molar-refractivity contribution in [2.45, 2.75) is 39.8 Å². The largest absolute Gasteiger partial charge is 0.349 e. The Balaban J connectivity index is 1.97. The van der Waals surface area contributed by atoms with E-state index in [0.29, 0.717) is 31.2 Å². The maximum Gasteiger partial charge on any atom is 0.269 e. The molecule has 0 unspecified atom stereocenters. The highest BCUT2D eigenvalue weighted by Gasteiger charge is 2.15. The summed E-state index contributed by atoms with van der Waals surface area (Å²) in [7, 11) is 0. The van der Waals surface area contributed by atoms with Gasteiger partial charge in [0.2, 0.25) is 0 Å². The lowest BCUT2D eigenvalue weighted by atomic mass is 10.1. The summed E-state index contributed by atoms with van der Waals surface area (Å²) >= 11 is 0. The number of nitrogens with one attached hydrogen (secondary N) is 1. The Morgan fingerprint density at radius 3 is 2.85 bits per heavy atom. The van der Waals surface area contributed by atoms with E-state index in [2.05, 4.69) is 34.6 Å². The number of carbonyl (C=O) groups excluding carboxylic acids is 1. The molecule has 2 heterocycles. The Labute approximate surface area is 118 Å². The van der Waals surface area contributed by atoms with Gasteiger partial charge >= 0.3 is 0 Å². The summed E-state index contributed by atoms with van der Waals surface area (Å²) in [5.74, 6) is 0.205. The fourth-order valence-corrected chi connectivity index (χ4v) is 1.87. The van der Waals surface area contributed by atoms with Crippen molar-refractivity contribution < 1.29 is 4.79 Å². The molecule has 0 radical (unpaired) electrons. The third-order valence-electron chi connectivity index (χ3n) is 3.02. The maximum absolute atomic E-state index is 12.2. The van der Waals surface area contributed by atoms with Crippen LogP contribution in [-0.2, 0) is 13.1 Å². The highest BCUT2D eigenvalue weighted by Crippen LogP contribution is 2.14. The van der Waals surface area contributed by atoms with Crippen molar-refractivity contribution in [3.63, 3.8) is 0 Å². The minimum Gasteiger partial charge on any atom is -0.349 e. The van der Waals surface area contributed by atoms with Gasteiger partial charge in [-0.1, -0.05) is 19.1 Å². The van der Waals surface area contributed by atoms with Crippen LogP contribution in [0.25, 0.3) is 0 Å². The average Bonchev–Trinajstić information content (AvgIpc) is 3.07. The quantitative estimate of drug-likeness (QED) is 0.855. The fraction of sp³-hybridized carbons (Fsp3) is 0.538. The minimum absolute atomic E-state index is 0.105. The molecule has 1 N–H and O–H groups in total. The molecule has 1 amide bonds. The summed E-state index contributed by atoms with van der Waals surface area (Å²) in [4.78, 5) is 12.2. The molecule has 0 fully saturated rings. The van der Waals surface area contributed by atoms with Gasteiger partial charge in [0.05, 0.1) is 18.4 Å². The van der Waals surface area contributed by atoms with Gasteiger partial charge in [0, 0.05) is 19.3 Å². The Morgan fingerprint density at radius 2 is 2.25 bits per heavy atom. The van der Waals surface area contributed by atoms with Gasteiger partial charge < -0.3 is 5.32 Å². The van der Waals surface area contributed by atoms with Gasteiger partial charge in [0.25, 0.3) is 5.91 Å². The van der Waals surface area contributed by atoms with Crippen molar-refractivity contribution in [3.05, 3.63) is 29.8 Å². The summed E-state index contributed by atoms with van der Waals surface area (Å²) < 4.78 is 3.41. The first kappa shape index (κ1) is 14.2. The smallest absolute Gasteiger partial charge is 0.269 e. The van der Waals surface area contributed by atoms with Crippen molar-refractivity contribution in [1.29, 1.82) is 0 Å². The Kier molecular flexibility index (Phi) is 4.49. The van der Waals surface area contributed by atoms with Gasteiger partial charge in [0.15, 0.2) is 0 Å². The van der Waals surface area contributed by atoms with Crippen LogP contribution in [0.4, 0.5) is 0 Å². The lowest BCUT2D eigenvalue weighted by Gasteiger charge is -2.06. The molecule has 2 aromatic heterocycles. The molecular weight excluding hydrogens is 256 g/mol. The van der Waals surface area contributed by atoms with E-state index in [1.54, 1.807) is 21.8 Å². The second-order valence-electron chi connectivity index (χ2n) is 4.85. The lowest BCUT2D eigenvalue weighted by molar-refractivity contribution is 0.0941. The third-order valence-corrected chi connectivity index (χ3v) is 3.02. The van der Waals surface area contributed by atoms with Crippen molar-refractivity contribution in [1.82, 2.24) is 30.1 Å². The van der Waals surface area contributed by atoms with Gasteiger partial charge in [-0.15, -0.1) is 5.10 Å². The van der Waals surface area contributed by atoms with E-state index in [1.165, 1.54) is 0 Å². The lowest BCUT2D eigenvalue weighted by Crippen LogP contribution is -2.29. The molecule has 2 rings (SSSR count). The number of rotatable bonds is 6. The molecule has 7 nitrogen and oxygen atoms in total. The molecule has 2 aromatic rings. The van der Waals surface area contributed by atoms with Gasteiger partial charge in [0.1, 0.15) is 5.69 Å². The van der Waals surface area contributed by atoms with Crippen LogP contribution >= 0.6 is 0 Å². The molecule has 0 spiro atoms. The molecule has 0 aliphatic carbocycles. The summed E-state index contributed by atoms with van der Waals surface area (Å²) in [5, 5.41) is 14.9. The van der Waals surface area contributed by atoms with Crippen LogP contribution in [0.1, 0.15) is 42.9 Å². The monoisotopic (exact) mass is 276 g/mol. The Morgan fingerprint density at radius 1 is 1.45 bits per heavy atom. The molecule has 7 heteroatoms. The van der Waals surface area contributed by atoms with Crippen molar-refractivity contribution in [3.8, 4) is 0 Å². The van der Waals surface area contributed by atoms with Crippen LogP contribution in [0, 0.1) is 0 Å². The van der Waals surface area contributed by atoms with E-state index in [1.807, 2.05) is 13.0 Å². The summed E-state index contributed by atoms with van der Waals surface area (Å²) in [6.45, 7) is 7.89. The number of amides is 1. The maximum atomic E-state index is 12.2. The van der Waals surface area contributed by atoms with Crippen molar-refractivity contribution in [2.24, 2.45) is 0 Å². The predicted molar refractivity (Wildman–Crippen MR) is 74.3 cm³/mol. The third kappa shape index (κ3) is 3.23. The predicted octanol–water partition coefficient (Wildman–Crippen LogP) is 1.05. The molecule has 20 heavy (non-hydrogen) atoms. The van der Waals surface area contributed by atoms with Crippen LogP contribution in [0.3, 0.4) is 0 Å². The second kappa shape index (κ2) is 6.31. The number of nitrogens with zero attached hydrogens (tertiary/aromatic N) is 5. The fourth-order valence-electron chi connectivity index (χ4n) is 1.87. The molecule has 0 atom stereocenters. The SMILES string of the molecule is CCn1nc(C(C)C)cc1C(=O)NCCn1ccnn1. The van der Waals surface area contributed by atoms with Crippen LogP contribution in [0.15, 0.2) is 18.5 Å². The summed E-state index contributed by atoms with van der Waals surface area (Å²) in [6, 6.07) is 1.86. The van der Waals surface area contributed by atoms with Crippen LogP contribution in [0.5, 0.6) is 0 Å². The van der Waals surface area contributed by atoms with Crippen LogP contribution < -0.4 is 5.32 Å². The molecule has 0 bridgehead atoms. The van der Waals surface area contributed by atoms with E-state index < -0.39 is 0 Å². The van der Waals surface area contributed by atoms with E-state index in [0.717, 1.165) is 5.69 Å². The average molecular weight is 276 g/mol. The highest BCUT2D eigenvalue weighted by molar-refractivity contribution is 5.92. The number of hydrogen-bond donors (Lipinski definition) is 1. The first-order valence-electron chi connectivity index (χ1n) is 6.81. The van der Waals surface area contributed by atoms with E-state index >= 15 is 0 Å². The van der Waals surface area contributed by atoms with Crippen molar-refractivity contribution in [2.75, 3.05) is 6.54 Å². The zero-order valence-corrected chi connectivity index (χ0v) is 12.1. The number of aromatic nitrogens is 5. The first-order valence-corrected chi connectivity index (χ1v) is 6.81. The Bertz CT molecular complexity index is 557. The highest BCUT2D eigenvalue weighted by atomic mass is 16.2. The molecule has 0 saturated carbocycles. The van der Waals surface area contributed by atoms with Gasteiger partial charge in [-0.05, 0) is 18.9 Å². The van der Waals surface area contributed by atoms with Crippen LogP contribution in [-0.4, -0.2) is 37.2 Å². The van der Waals surface area contributed by atoms with E-state index in [-0.39, 0.29) is 5.91 Å². The summed E-state index contributed by atoms with van der Waals surface area (Å²) in [5.41, 5.74) is 1.54. The standard InChI is InChI=1S/C13H20N6O/c1-4-19-12(9-11(16-19)10(2)3)13(20)14-5-7-18-8-6-15-17-18/h6,8-10H,4-5,7H2,1-3H3,(H,14,20).